The molecule has 0 amide bonds. The lowest BCUT2D eigenvalue weighted by Gasteiger charge is -2.14. The lowest BCUT2D eigenvalue weighted by molar-refractivity contribution is 0.141. The molecule has 1 aromatic carbocycles. The van der Waals surface area contributed by atoms with Gasteiger partial charge in [0.1, 0.15) is 5.75 Å². The van der Waals surface area contributed by atoms with E-state index in [4.69, 9.17) is 10.8 Å². The van der Waals surface area contributed by atoms with Crippen LogP contribution in [0.4, 0.5) is 0 Å². The zero-order valence-corrected chi connectivity index (χ0v) is 9.43. The Morgan fingerprint density at radius 2 is 2.06 bits per heavy atom. The number of hydrogen-bond donors (Lipinski definition) is 4. The molecule has 0 bridgehead atoms. The average molecular weight is 225 g/mol. The summed E-state index contributed by atoms with van der Waals surface area (Å²) in [5.74, 6) is 0.0963. The van der Waals surface area contributed by atoms with Crippen molar-refractivity contribution in [2.45, 2.75) is 38.5 Å². The quantitative estimate of drug-likeness (QED) is 0.588. The first-order valence-corrected chi connectivity index (χ1v) is 5.40. The molecule has 2 unspecified atom stereocenters. The SMILES string of the molecule is CC(N)C(O)CCc1ccc(O)c(CO)c1. The van der Waals surface area contributed by atoms with E-state index >= 15 is 0 Å². The van der Waals surface area contributed by atoms with Gasteiger partial charge in [0.2, 0.25) is 0 Å². The van der Waals surface area contributed by atoms with Crippen molar-refractivity contribution in [2.24, 2.45) is 5.73 Å². The molecule has 90 valence electrons. The predicted octanol–water partition coefficient (Wildman–Crippen LogP) is 0.525. The molecular weight excluding hydrogens is 206 g/mol. The molecule has 1 rings (SSSR count). The highest BCUT2D eigenvalue weighted by Crippen LogP contribution is 2.19. The van der Waals surface area contributed by atoms with E-state index in [2.05, 4.69) is 0 Å². The van der Waals surface area contributed by atoms with Gasteiger partial charge in [0.15, 0.2) is 0 Å². The maximum atomic E-state index is 9.55. The van der Waals surface area contributed by atoms with E-state index < -0.39 is 6.10 Å². The summed E-state index contributed by atoms with van der Waals surface area (Å²) in [4.78, 5) is 0. The Bertz CT molecular complexity index is 339. The molecule has 0 fully saturated rings. The summed E-state index contributed by atoms with van der Waals surface area (Å²) in [6.45, 7) is 1.58. The molecule has 0 aliphatic rings. The molecule has 1 aromatic rings. The molecule has 0 spiro atoms. The van der Waals surface area contributed by atoms with Gasteiger partial charge in [-0.15, -0.1) is 0 Å². The molecule has 4 nitrogen and oxygen atoms in total. The van der Waals surface area contributed by atoms with E-state index in [1.807, 2.05) is 0 Å². The van der Waals surface area contributed by atoms with Gasteiger partial charge in [0.05, 0.1) is 12.7 Å². The van der Waals surface area contributed by atoms with Crippen LogP contribution in [0.2, 0.25) is 0 Å². The highest BCUT2D eigenvalue weighted by molar-refractivity contribution is 5.35. The van der Waals surface area contributed by atoms with E-state index in [1.165, 1.54) is 0 Å². The average Bonchev–Trinajstić information content (AvgIpc) is 2.27. The summed E-state index contributed by atoms with van der Waals surface area (Å²) < 4.78 is 0. The number of aromatic hydroxyl groups is 1. The van der Waals surface area contributed by atoms with Gasteiger partial charge in [-0.2, -0.15) is 0 Å². The number of nitrogens with two attached hydrogens (primary N) is 1. The number of aliphatic hydroxyl groups excluding tert-OH is 2. The summed E-state index contributed by atoms with van der Waals surface area (Å²) in [5.41, 5.74) is 7.03. The second-order valence-corrected chi connectivity index (χ2v) is 4.09. The van der Waals surface area contributed by atoms with E-state index in [-0.39, 0.29) is 18.4 Å². The van der Waals surface area contributed by atoms with E-state index in [1.54, 1.807) is 25.1 Å². The highest BCUT2D eigenvalue weighted by atomic mass is 16.3. The van der Waals surface area contributed by atoms with E-state index in [0.29, 0.717) is 18.4 Å². The first kappa shape index (κ1) is 13.0. The van der Waals surface area contributed by atoms with Crippen LogP contribution in [0.25, 0.3) is 0 Å². The second kappa shape index (κ2) is 5.84. The molecule has 0 aliphatic heterocycles. The fourth-order valence-electron chi connectivity index (χ4n) is 1.50. The lowest BCUT2D eigenvalue weighted by Crippen LogP contribution is -2.31. The fraction of sp³-hybridized carbons (Fsp3) is 0.500. The molecule has 4 heteroatoms. The minimum atomic E-state index is -0.522. The molecule has 0 radical (unpaired) electrons. The summed E-state index contributed by atoms with van der Waals surface area (Å²) in [5, 5.41) is 27.9. The number of phenols is 1. The minimum Gasteiger partial charge on any atom is -0.508 e. The van der Waals surface area contributed by atoms with Gasteiger partial charge >= 0.3 is 0 Å². The second-order valence-electron chi connectivity index (χ2n) is 4.09. The van der Waals surface area contributed by atoms with Gasteiger partial charge in [-0.05, 0) is 37.5 Å². The third kappa shape index (κ3) is 3.48. The maximum absolute atomic E-state index is 9.55. The topological polar surface area (TPSA) is 86.7 Å². The van der Waals surface area contributed by atoms with Crippen LogP contribution >= 0.6 is 0 Å². The summed E-state index contributed by atoms with van der Waals surface area (Å²) >= 11 is 0. The van der Waals surface area contributed by atoms with Gasteiger partial charge in [-0.25, -0.2) is 0 Å². The van der Waals surface area contributed by atoms with Crippen molar-refractivity contribution in [2.75, 3.05) is 0 Å². The smallest absolute Gasteiger partial charge is 0.121 e. The first-order valence-electron chi connectivity index (χ1n) is 5.40. The van der Waals surface area contributed by atoms with Gasteiger partial charge in [0, 0.05) is 11.6 Å². The van der Waals surface area contributed by atoms with Crippen molar-refractivity contribution in [3.8, 4) is 5.75 Å². The largest absolute Gasteiger partial charge is 0.508 e. The number of aryl methyl sites for hydroxylation is 1. The molecular formula is C12H19NO3. The van der Waals surface area contributed by atoms with Crippen molar-refractivity contribution in [1.29, 1.82) is 0 Å². The first-order chi connectivity index (χ1) is 7.54. The van der Waals surface area contributed by atoms with Crippen LogP contribution in [0.1, 0.15) is 24.5 Å². The van der Waals surface area contributed by atoms with Crippen LogP contribution in [0, 0.1) is 0 Å². The number of aliphatic hydroxyl groups is 2. The summed E-state index contributed by atoms with van der Waals surface area (Å²) in [6, 6.07) is 4.83. The molecule has 0 aromatic heterocycles. The van der Waals surface area contributed by atoms with Crippen LogP contribution in [-0.2, 0) is 13.0 Å². The van der Waals surface area contributed by atoms with Crippen LogP contribution in [0.3, 0.4) is 0 Å². The van der Waals surface area contributed by atoms with E-state index in [0.717, 1.165) is 5.56 Å². The normalized spacial score (nSPS) is 14.8. The van der Waals surface area contributed by atoms with Crippen LogP contribution in [0.5, 0.6) is 5.75 Å². The standard InChI is InChI=1S/C12H19NO3/c1-8(13)11(15)4-2-9-3-5-12(16)10(6-9)7-14/h3,5-6,8,11,14-16H,2,4,7,13H2,1H3. The van der Waals surface area contributed by atoms with Crippen LogP contribution < -0.4 is 5.73 Å². The molecule has 2 atom stereocenters. The van der Waals surface area contributed by atoms with Crippen LogP contribution in [-0.4, -0.2) is 27.5 Å². The zero-order valence-electron chi connectivity index (χ0n) is 9.43. The third-order valence-corrected chi connectivity index (χ3v) is 2.65. The summed E-state index contributed by atoms with van der Waals surface area (Å²) in [6.07, 6.45) is 0.731. The van der Waals surface area contributed by atoms with Gasteiger partial charge in [0.25, 0.3) is 0 Å². The van der Waals surface area contributed by atoms with E-state index in [9.17, 15) is 10.2 Å². The van der Waals surface area contributed by atoms with Gasteiger partial charge in [-0.3, -0.25) is 0 Å². The van der Waals surface area contributed by atoms with Crippen molar-refractivity contribution < 1.29 is 15.3 Å². The Morgan fingerprint density at radius 1 is 1.38 bits per heavy atom. The minimum absolute atomic E-state index is 0.0963. The highest BCUT2D eigenvalue weighted by Gasteiger charge is 2.10. The Hall–Kier alpha value is -1.10. The molecule has 0 aliphatic carbocycles. The van der Waals surface area contributed by atoms with Crippen molar-refractivity contribution in [1.82, 2.24) is 0 Å². The number of rotatable bonds is 5. The molecule has 0 saturated carbocycles. The Balaban J connectivity index is 2.61. The summed E-state index contributed by atoms with van der Waals surface area (Å²) in [7, 11) is 0. The Labute approximate surface area is 95.3 Å². The zero-order chi connectivity index (χ0) is 12.1. The molecule has 0 heterocycles. The molecule has 5 N–H and O–H groups in total. The van der Waals surface area contributed by atoms with Gasteiger partial charge < -0.3 is 21.1 Å². The predicted molar refractivity (Wildman–Crippen MR) is 62.0 cm³/mol. The van der Waals surface area contributed by atoms with Crippen LogP contribution in [0.15, 0.2) is 18.2 Å². The fourth-order valence-corrected chi connectivity index (χ4v) is 1.50. The monoisotopic (exact) mass is 225 g/mol. The maximum Gasteiger partial charge on any atom is 0.121 e. The number of hydrogen-bond acceptors (Lipinski definition) is 4. The third-order valence-electron chi connectivity index (χ3n) is 2.65. The lowest BCUT2D eigenvalue weighted by atomic mass is 10.0. The number of benzene rings is 1. The van der Waals surface area contributed by atoms with Gasteiger partial charge in [-0.1, -0.05) is 6.07 Å². The molecule has 0 saturated heterocycles. The van der Waals surface area contributed by atoms with Crippen molar-refractivity contribution >= 4 is 0 Å². The van der Waals surface area contributed by atoms with Crippen molar-refractivity contribution in [3.63, 3.8) is 0 Å². The Morgan fingerprint density at radius 3 is 2.62 bits per heavy atom. The molecule has 16 heavy (non-hydrogen) atoms. The Kier molecular flexibility index (Phi) is 4.73. The van der Waals surface area contributed by atoms with Crippen molar-refractivity contribution in [3.05, 3.63) is 29.3 Å².